The Balaban J connectivity index is 0.00000242. The Hall–Kier alpha value is -0.780. The van der Waals surface area contributed by atoms with Gasteiger partial charge in [0.2, 0.25) is 0 Å². The van der Waals surface area contributed by atoms with Crippen molar-refractivity contribution in [3.8, 4) is 0 Å². The average molecular weight is 415 g/mol. The summed E-state index contributed by atoms with van der Waals surface area (Å²) in [5.41, 5.74) is 1.46. The molecule has 1 aliphatic heterocycles. The fraction of sp³-hybridized carbons (Fsp3) is 0.611. The minimum atomic E-state index is 0. The summed E-state index contributed by atoms with van der Waals surface area (Å²) in [6.07, 6.45) is 2.53. The summed E-state index contributed by atoms with van der Waals surface area (Å²) in [7, 11) is 1.88. The van der Waals surface area contributed by atoms with Gasteiger partial charge in [-0.05, 0) is 24.3 Å². The number of nitrogens with zero attached hydrogens (tertiary/aromatic N) is 2. The highest BCUT2D eigenvalue weighted by Gasteiger charge is 2.23. The van der Waals surface area contributed by atoms with Gasteiger partial charge in [0.05, 0.1) is 0 Å². The molecule has 1 aromatic rings. The maximum absolute atomic E-state index is 4.46. The molecule has 1 heterocycles. The second-order valence-corrected chi connectivity index (χ2v) is 6.82. The first-order valence-corrected chi connectivity index (χ1v) is 8.04. The first-order chi connectivity index (χ1) is 10.0. The SMILES string of the molecule is CN=C(NCC(C)(C)c1ccccc1)N1CCC(C)CC1.I. The molecule has 0 spiro atoms. The molecule has 2 rings (SSSR count). The van der Waals surface area contributed by atoms with Crippen LogP contribution in [0.4, 0.5) is 0 Å². The molecular formula is C18H30IN3. The van der Waals surface area contributed by atoms with Crippen molar-refractivity contribution in [3.63, 3.8) is 0 Å². The van der Waals surface area contributed by atoms with Crippen LogP contribution in [0.25, 0.3) is 0 Å². The predicted molar refractivity (Wildman–Crippen MR) is 106 cm³/mol. The molecule has 1 saturated heterocycles. The lowest BCUT2D eigenvalue weighted by molar-refractivity contribution is 0.272. The maximum atomic E-state index is 4.46. The lowest BCUT2D eigenvalue weighted by Crippen LogP contribution is -2.48. The van der Waals surface area contributed by atoms with Gasteiger partial charge in [-0.25, -0.2) is 0 Å². The number of hydrogen-bond donors (Lipinski definition) is 1. The number of hydrogen-bond acceptors (Lipinski definition) is 1. The van der Waals surface area contributed by atoms with Gasteiger partial charge >= 0.3 is 0 Å². The quantitative estimate of drug-likeness (QED) is 0.461. The third-order valence-electron chi connectivity index (χ3n) is 4.54. The minimum absolute atomic E-state index is 0. The monoisotopic (exact) mass is 415 g/mol. The molecule has 124 valence electrons. The van der Waals surface area contributed by atoms with Crippen molar-refractivity contribution in [3.05, 3.63) is 35.9 Å². The molecule has 0 aliphatic carbocycles. The number of benzene rings is 1. The van der Waals surface area contributed by atoms with E-state index in [1.807, 2.05) is 7.05 Å². The van der Waals surface area contributed by atoms with E-state index in [0.29, 0.717) is 0 Å². The van der Waals surface area contributed by atoms with E-state index in [0.717, 1.165) is 31.5 Å². The molecule has 1 aliphatic rings. The second kappa shape index (κ2) is 8.75. The van der Waals surface area contributed by atoms with E-state index in [9.17, 15) is 0 Å². The van der Waals surface area contributed by atoms with Crippen LogP contribution >= 0.6 is 24.0 Å². The molecule has 1 N–H and O–H groups in total. The van der Waals surface area contributed by atoms with E-state index in [4.69, 9.17) is 0 Å². The summed E-state index contributed by atoms with van der Waals surface area (Å²) in [4.78, 5) is 6.85. The Kier molecular flexibility index (Phi) is 7.66. The number of rotatable bonds is 3. The zero-order valence-electron chi connectivity index (χ0n) is 14.3. The number of guanidine groups is 1. The average Bonchev–Trinajstić information content (AvgIpc) is 2.50. The van der Waals surface area contributed by atoms with Crippen LogP contribution in [-0.4, -0.2) is 37.5 Å². The molecule has 22 heavy (non-hydrogen) atoms. The van der Waals surface area contributed by atoms with E-state index in [-0.39, 0.29) is 29.4 Å². The first-order valence-electron chi connectivity index (χ1n) is 8.04. The first kappa shape index (κ1) is 19.3. The zero-order chi connectivity index (χ0) is 15.3. The summed E-state index contributed by atoms with van der Waals surface area (Å²) in [5, 5.41) is 3.57. The second-order valence-electron chi connectivity index (χ2n) is 6.82. The van der Waals surface area contributed by atoms with Crippen molar-refractivity contribution in [1.29, 1.82) is 0 Å². The third kappa shape index (κ3) is 5.14. The molecular weight excluding hydrogens is 385 g/mol. The fourth-order valence-electron chi connectivity index (χ4n) is 2.84. The summed E-state index contributed by atoms with van der Waals surface area (Å²) in [6.45, 7) is 10.0. The molecule has 3 nitrogen and oxygen atoms in total. The molecule has 0 unspecified atom stereocenters. The number of nitrogens with one attached hydrogen (secondary N) is 1. The topological polar surface area (TPSA) is 27.6 Å². The molecule has 0 atom stereocenters. The van der Waals surface area contributed by atoms with Crippen molar-refractivity contribution in [1.82, 2.24) is 10.2 Å². The van der Waals surface area contributed by atoms with E-state index < -0.39 is 0 Å². The Morgan fingerprint density at radius 3 is 2.36 bits per heavy atom. The van der Waals surface area contributed by atoms with Crippen molar-refractivity contribution in [2.75, 3.05) is 26.7 Å². The number of piperidine rings is 1. The van der Waals surface area contributed by atoms with Gasteiger partial charge in [0.25, 0.3) is 0 Å². The highest BCUT2D eigenvalue weighted by atomic mass is 127. The van der Waals surface area contributed by atoms with Crippen LogP contribution in [0.1, 0.15) is 39.2 Å². The molecule has 0 radical (unpaired) electrons. The van der Waals surface area contributed by atoms with Crippen LogP contribution in [0, 0.1) is 5.92 Å². The van der Waals surface area contributed by atoms with Crippen LogP contribution in [0.2, 0.25) is 0 Å². The van der Waals surface area contributed by atoms with Crippen molar-refractivity contribution < 1.29 is 0 Å². The Labute approximate surface area is 152 Å². The Bertz CT molecular complexity index is 462. The van der Waals surface area contributed by atoms with Crippen LogP contribution < -0.4 is 5.32 Å². The van der Waals surface area contributed by atoms with Crippen LogP contribution in [0.15, 0.2) is 35.3 Å². The lowest BCUT2D eigenvalue weighted by Gasteiger charge is -2.35. The van der Waals surface area contributed by atoms with Gasteiger partial charge in [0.1, 0.15) is 0 Å². The number of likely N-dealkylation sites (tertiary alicyclic amines) is 1. The molecule has 4 heteroatoms. The number of aliphatic imine (C=N–C) groups is 1. The summed E-state index contributed by atoms with van der Waals surface area (Å²) < 4.78 is 0. The highest BCUT2D eigenvalue weighted by molar-refractivity contribution is 14.0. The van der Waals surface area contributed by atoms with E-state index in [1.165, 1.54) is 18.4 Å². The highest BCUT2D eigenvalue weighted by Crippen LogP contribution is 2.22. The van der Waals surface area contributed by atoms with Gasteiger partial charge in [0, 0.05) is 32.1 Å². The van der Waals surface area contributed by atoms with E-state index in [1.54, 1.807) is 0 Å². The Morgan fingerprint density at radius 2 is 1.82 bits per heavy atom. The molecule has 1 fully saturated rings. The van der Waals surface area contributed by atoms with E-state index in [2.05, 4.69) is 66.3 Å². The van der Waals surface area contributed by atoms with Crippen LogP contribution in [0.3, 0.4) is 0 Å². The van der Waals surface area contributed by atoms with Crippen molar-refractivity contribution in [2.24, 2.45) is 10.9 Å². The molecule has 0 amide bonds. The summed E-state index contributed by atoms with van der Waals surface area (Å²) >= 11 is 0. The van der Waals surface area contributed by atoms with Gasteiger partial charge in [-0.15, -0.1) is 24.0 Å². The Morgan fingerprint density at radius 1 is 1.23 bits per heavy atom. The smallest absolute Gasteiger partial charge is 0.193 e. The lowest BCUT2D eigenvalue weighted by atomic mass is 9.85. The van der Waals surface area contributed by atoms with Gasteiger partial charge in [0.15, 0.2) is 5.96 Å². The van der Waals surface area contributed by atoms with E-state index >= 15 is 0 Å². The van der Waals surface area contributed by atoms with Gasteiger partial charge in [-0.3, -0.25) is 4.99 Å². The van der Waals surface area contributed by atoms with Crippen molar-refractivity contribution in [2.45, 2.75) is 39.0 Å². The molecule has 1 aromatic carbocycles. The molecule has 0 bridgehead atoms. The fourth-order valence-corrected chi connectivity index (χ4v) is 2.84. The minimum Gasteiger partial charge on any atom is -0.355 e. The largest absolute Gasteiger partial charge is 0.355 e. The summed E-state index contributed by atoms with van der Waals surface area (Å²) in [6, 6.07) is 10.7. The van der Waals surface area contributed by atoms with Crippen molar-refractivity contribution >= 4 is 29.9 Å². The maximum Gasteiger partial charge on any atom is 0.193 e. The van der Waals surface area contributed by atoms with Gasteiger partial charge in [-0.1, -0.05) is 51.1 Å². The van der Waals surface area contributed by atoms with Gasteiger partial charge < -0.3 is 10.2 Å². The van der Waals surface area contributed by atoms with Gasteiger partial charge in [-0.2, -0.15) is 0 Å². The standard InChI is InChI=1S/C18H29N3.HI/c1-15-10-12-21(13-11-15)17(19-4)20-14-18(2,3)16-8-6-5-7-9-16;/h5-9,15H,10-14H2,1-4H3,(H,19,20);1H. The third-order valence-corrected chi connectivity index (χ3v) is 4.54. The normalized spacial score (nSPS) is 17.1. The molecule has 0 saturated carbocycles. The number of halogens is 1. The predicted octanol–water partition coefficient (Wildman–Crippen LogP) is 3.89. The molecule has 0 aromatic heterocycles. The van der Waals surface area contributed by atoms with Crippen LogP contribution in [-0.2, 0) is 5.41 Å². The summed E-state index contributed by atoms with van der Waals surface area (Å²) in [5.74, 6) is 1.89. The van der Waals surface area contributed by atoms with Crippen LogP contribution in [0.5, 0.6) is 0 Å². The zero-order valence-corrected chi connectivity index (χ0v) is 16.6.